The molecule has 1 aromatic rings. The third-order valence-electron chi connectivity index (χ3n) is 4.14. The van der Waals surface area contributed by atoms with E-state index in [4.69, 9.17) is 23.2 Å². The third-order valence-corrected chi connectivity index (χ3v) is 4.96. The molecule has 0 atom stereocenters. The summed E-state index contributed by atoms with van der Waals surface area (Å²) in [6, 6.07) is 7.40. The van der Waals surface area contributed by atoms with E-state index in [-0.39, 0.29) is 11.3 Å². The van der Waals surface area contributed by atoms with E-state index in [1.165, 1.54) is 19.3 Å². The van der Waals surface area contributed by atoms with E-state index in [2.05, 4.69) is 5.32 Å². The zero-order chi connectivity index (χ0) is 14.4. The molecule has 0 bridgehead atoms. The summed E-state index contributed by atoms with van der Waals surface area (Å²) in [4.78, 5) is 12.0. The molecule has 1 aliphatic carbocycles. The van der Waals surface area contributed by atoms with Crippen molar-refractivity contribution in [3.8, 4) is 0 Å². The average Bonchev–Trinajstić information content (AvgIpc) is 2.49. The maximum Gasteiger partial charge on any atom is 0.224 e. The topological polar surface area (TPSA) is 29.1 Å². The maximum absolute atomic E-state index is 12.0. The van der Waals surface area contributed by atoms with E-state index < -0.39 is 0 Å². The van der Waals surface area contributed by atoms with Gasteiger partial charge in [0.2, 0.25) is 5.91 Å². The summed E-state index contributed by atoms with van der Waals surface area (Å²) in [7, 11) is 0. The van der Waals surface area contributed by atoms with E-state index >= 15 is 0 Å². The lowest BCUT2D eigenvalue weighted by atomic mass is 9.75. The van der Waals surface area contributed by atoms with Crippen LogP contribution in [0.2, 0.25) is 5.02 Å². The van der Waals surface area contributed by atoms with Crippen LogP contribution in [0.4, 0.5) is 0 Å². The molecule has 0 saturated heterocycles. The fraction of sp³-hybridized carbons (Fsp3) is 0.562. The number of benzene rings is 1. The quantitative estimate of drug-likeness (QED) is 0.811. The van der Waals surface area contributed by atoms with Gasteiger partial charge in [0.05, 0.1) is 6.42 Å². The van der Waals surface area contributed by atoms with Crippen LogP contribution < -0.4 is 5.32 Å². The lowest BCUT2D eigenvalue weighted by Crippen LogP contribution is -2.40. The molecule has 1 aliphatic rings. The first-order chi connectivity index (χ1) is 9.63. The molecule has 2 rings (SSSR count). The number of carbonyl (C=O) groups excluding carboxylic acids is 1. The molecule has 20 heavy (non-hydrogen) atoms. The fourth-order valence-electron chi connectivity index (χ4n) is 2.80. The predicted molar refractivity (Wildman–Crippen MR) is 84.4 cm³/mol. The second-order valence-corrected chi connectivity index (χ2v) is 6.48. The Morgan fingerprint density at radius 3 is 2.40 bits per heavy atom. The number of hydrogen-bond donors (Lipinski definition) is 1. The molecule has 0 aromatic heterocycles. The number of hydrogen-bond acceptors (Lipinski definition) is 1. The van der Waals surface area contributed by atoms with Gasteiger partial charge in [-0.25, -0.2) is 0 Å². The van der Waals surface area contributed by atoms with Gasteiger partial charge in [0.25, 0.3) is 0 Å². The van der Waals surface area contributed by atoms with Crippen LogP contribution in [-0.4, -0.2) is 18.3 Å². The van der Waals surface area contributed by atoms with Crippen molar-refractivity contribution in [2.24, 2.45) is 5.41 Å². The summed E-state index contributed by atoms with van der Waals surface area (Å²) in [5.41, 5.74) is 1.09. The van der Waals surface area contributed by atoms with Crippen molar-refractivity contribution in [3.05, 3.63) is 34.9 Å². The maximum atomic E-state index is 12.0. The molecule has 0 aliphatic heterocycles. The number of nitrogens with one attached hydrogen (secondary N) is 1. The van der Waals surface area contributed by atoms with Crippen molar-refractivity contribution in [2.45, 2.75) is 38.5 Å². The van der Waals surface area contributed by atoms with E-state index in [1.807, 2.05) is 24.3 Å². The molecule has 0 radical (unpaired) electrons. The summed E-state index contributed by atoms with van der Waals surface area (Å²) >= 11 is 12.0. The van der Waals surface area contributed by atoms with E-state index in [9.17, 15) is 4.79 Å². The minimum Gasteiger partial charge on any atom is -0.355 e. The van der Waals surface area contributed by atoms with Crippen LogP contribution >= 0.6 is 23.2 Å². The molecule has 0 spiro atoms. The van der Waals surface area contributed by atoms with E-state index in [0.29, 0.717) is 23.9 Å². The molecule has 2 nitrogen and oxygen atoms in total. The third kappa shape index (κ3) is 4.39. The monoisotopic (exact) mass is 313 g/mol. The van der Waals surface area contributed by atoms with E-state index in [1.54, 1.807) is 0 Å². The molecule has 1 fully saturated rings. The van der Waals surface area contributed by atoms with Crippen molar-refractivity contribution < 1.29 is 4.79 Å². The normalized spacial score (nSPS) is 17.7. The Morgan fingerprint density at radius 1 is 1.15 bits per heavy atom. The van der Waals surface area contributed by atoms with Crippen LogP contribution in [0.25, 0.3) is 0 Å². The van der Waals surface area contributed by atoms with Crippen LogP contribution in [0.5, 0.6) is 0 Å². The largest absolute Gasteiger partial charge is 0.355 e. The van der Waals surface area contributed by atoms with Gasteiger partial charge in [-0.05, 0) is 30.5 Å². The Kier molecular flexibility index (Phi) is 5.74. The number of alkyl halides is 1. The summed E-state index contributed by atoms with van der Waals surface area (Å²) in [6.07, 6.45) is 6.38. The molecule has 0 unspecified atom stereocenters. The molecule has 4 heteroatoms. The van der Waals surface area contributed by atoms with Gasteiger partial charge in [0.15, 0.2) is 0 Å². The summed E-state index contributed by atoms with van der Waals surface area (Å²) in [5, 5.41) is 3.74. The number of rotatable bonds is 5. The van der Waals surface area contributed by atoms with Gasteiger partial charge >= 0.3 is 0 Å². The van der Waals surface area contributed by atoms with Crippen LogP contribution in [0, 0.1) is 5.41 Å². The van der Waals surface area contributed by atoms with Crippen LogP contribution in [-0.2, 0) is 11.2 Å². The Balaban J connectivity index is 1.83. The molecule has 1 aromatic carbocycles. The fourth-order valence-corrected chi connectivity index (χ4v) is 3.28. The molecular formula is C16H21Cl2NO. The average molecular weight is 314 g/mol. The molecule has 0 heterocycles. The predicted octanol–water partition coefficient (Wildman–Crippen LogP) is 4.19. The summed E-state index contributed by atoms with van der Waals surface area (Å²) in [5.74, 6) is 0.691. The highest BCUT2D eigenvalue weighted by molar-refractivity contribution is 6.30. The highest BCUT2D eigenvalue weighted by Crippen LogP contribution is 2.36. The highest BCUT2D eigenvalue weighted by Gasteiger charge is 2.31. The van der Waals surface area contributed by atoms with Gasteiger partial charge in [-0.15, -0.1) is 11.6 Å². The number of amides is 1. The number of halogens is 2. The summed E-state index contributed by atoms with van der Waals surface area (Å²) < 4.78 is 0. The van der Waals surface area contributed by atoms with Crippen LogP contribution in [0.15, 0.2) is 24.3 Å². The second kappa shape index (κ2) is 7.33. The summed E-state index contributed by atoms with van der Waals surface area (Å²) in [6.45, 7) is 0.697. The van der Waals surface area contributed by atoms with Crippen molar-refractivity contribution in [1.82, 2.24) is 5.32 Å². The molecule has 110 valence electrons. The second-order valence-electron chi connectivity index (χ2n) is 5.77. The van der Waals surface area contributed by atoms with Gasteiger partial charge in [-0.1, -0.05) is 43.0 Å². The Labute approximate surface area is 130 Å². The van der Waals surface area contributed by atoms with Gasteiger partial charge in [-0.2, -0.15) is 0 Å². The van der Waals surface area contributed by atoms with Crippen molar-refractivity contribution >= 4 is 29.1 Å². The lowest BCUT2D eigenvalue weighted by molar-refractivity contribution is -0.121. The minimum absolute atomic E-state index is 0.0578. The van der Waals surface area contributed by atoms with Crippen LogP contribution in [0.1, 0.15) is 37.7 Å². The number of carbonyl (C=O) groups is 1. The van der Waals surface area contributed by atoms with Crippen molar-refractivity contribution in [1.29, 1.82) is 0 Å². The SMILES string of the molecule is O=C(Cc1ccc(Cl)cc1)NCC1(CCl)CCCCC1. The Morgan fingerprint density at radius 2 is 1.80 bits per heavy atom. The van der Waals surface area contributed by atoms with Crippen LogP contribution in [0.3, 0.4) is 0 Å². The van der Waals surface area contributed by atoms with Gasteiger partial charge in [0, 0.05) is 22.9 Å². The Hall–Kier alpha value is -0.730. The standard InChI is InChI=1S/C16H21Cl2NO/c17-11-16(8-2-1-3-9-16)12-19-15(20)10-13-4-6-14(18)7-5-13/h4-7H,1-3,8-12H2,(H,19,20). The molecule has 1 amide bonds. The van der Waals surface area contributed by atoms with E-state index in [0.717, 1.165) is 18.4 Å². The first-order valence-electron chi connectivity index (χ1n) is 7.21. The zero-order valence-corrected chi connectivity index (χ0v) is 13.1. The first-order valence-corrected chi connectivity index (χ1v) is 8.12. The lowest BCUT2D eigenvalue weighted by Gasteiger charge is -2.35. The van der Waals surface area contributed by atoms with Gasteiger partial charge < -0.3 is 5.32 Å². The zero-order valence-electron chi connectivity index (χ0n) is 11.6. The van der Waals surface area contributed by atoms with Gasteiger partial charge in [-0.3, -0.25) is 4.79 Å². The minimum atomic E-state index is 0.0578. The first kappa shape index (κ1) is 15.7. The highest BCUT2D eigenvalue weighted by atomic mass is 35.5. The molecule has 1 saturated carbocycles. The Bertz CT molecular complexity index is 438. The van der Waals surface area contributed by atoms with Crippen molar-refractivity contribution in [3.63, 3.8) is 0 Å². The molecule has 1 N–H and O–H groups in total. The van der Waals surface area contributed by atoms with Crippen molar-refractivity contribution in [2.75, 3.05) is 12.4 Å². The molecular weight excluding hydrogens is 293 g/mol. The van der Waals surface area contributed by atoms with Gasteiger partial charge in [0.1, 0.15) is 0 Å². The smallest absolute Gasteiger partial charge is 0.224 e.